The van der Waals surface area contributed by atoms with E-state index >= 15 is 0 Å². The van der Waals surface area contributed by atoms with Gasteiger partial charge in [0, 0.05) is 6.42 Å². The Morgan fingerprint density at radius 3 is 1.80 bits per heavy atom. The zero-order chi connectivity index (χ0) is 22.6. The molecule has 0 heterocycles. The first-order valence-electron chi connectivity index (χ1n) is 11.6. The molecule has 0 radical (unpaired) electrons. The van der Waals surface area contributed by atoms with E-state index in [-0.39, 0.29) is 12.5 Å². The number of unbranched alkanes of at least 4 members (excludes halogenated alkanes) is 10. The van der Waals surface area contributed by atoms with Crippen LogP contribution in [0.5, 0.6) is 0 Å². The molecule has 2 atom stereocenters. The summed E-state index contributed by atoms with van der Waals surface area (Å²) in [5.41, 5.74) is 0. The molecule has 0 amide bonds. The summed E-state index contributed by atoms with van der Waals surface area (Å²) in [5, 5.41) is 18.6. The van der Waals surface area contributed by atoms with Gasteiger partial charge in [-0.1, -0.05) is 77.6 Å². The number of rotatable bonds is 20. The van der Waals surface area contributed by atoms with Crippen LogP contribution in [0.25, 0.3) is 0 Å². The predicted octanol–water partition coefficient (Wildman–Crippen LogP) is 4.78. The summed E-state index contributed by atoms with van der Waals surface area (Å²) < 4.78 is 9.35. The van der Waals surface area contributed by atoms with Crippen LogP contribution in [0.4, 0.5) is 0 Å². The highest BCUT2D eigenvalue weighted by Gasteiger charge is 2.17. The topological polar surface area (TPSA) is 110 Å². The van der Waals surface area contributed by atoms with Crippen molar-refractivity contribution < 1.29 is 34.1 Å². The van der Waals surface area contributed by atoms with E-state index in [2.05, 4.69) is 11.7 Å². The molecule has 30 heavy (non-hydrogen) atoms. The Morgan fingerprint density at radius 1 is 0.767 bits per heavy atom. The highest BCUT2D eigenvalue weighted by molar-refractivity contribution is 5.80. The third kappa shape index (κ3) is 18.4. The number of carbonyl (C=O) groups is 3. The van der Waals surface area contributed by atoms with Crippen molar-refractivity contribution >= 4 is 17.9 Å². The van der Waals surface area contributed by atoms with E-state index in [4.69, 9.17) is 9.84 Å². The molecule has 0 aliphatic heterocycles. The molecule has 0 rings (SSSR count). The number of carboxylic acid groups (broad SMARTS) is 1. The Balaban J connectivity index is 3.42. The van der Waals surface area contributed by atoms with Crippen molar-refractivity contribution in [2.24, 2.45) is 0 Å². The number of carbonyl (C=O) groups excluding carboxylic acids is 2. The molecule has 0 aromatic carbocycles. The van der Waals surface area contributed by atoms with Gasteiger partial charge in [-0.25, -0.2) is 9.59 Å². The monoisotopic (exact) mass is 430 g/mol. The average molecular weight is 431 g/mol. The largest absolute Gasteiger partial charge is 0.479 e. The lowest BCUT2D eigenvalue weighted by atomic mass is 10.0. The molecule has 0 spiro atoms. The van der Waals surface area contributed by atoms with Crippen molar-refractivity contribution in [2.75, 3.05) is 6.61 Å². The van der Waals surface area contributed by atoms with E-state index in [0.29, 0.717) is 6.42 Å². The second kappa shape index (κ2) is 19.3. The quantitative estimate of drug-likeness (QED) is 0.211. The molecule has 176 valence electrons. The predicted molar refractivity (Wildman–Crippen MR) is 115 cm³/mol. The molecule has 7 nitrogen and oxygen atoms in total. The van der Waals surface area contributed by atoms with Gasteiger partial charge in [0.15, 0.2) is 12.7 Å². The lowest BCUT2D eigenvalue weighted by molar-refractivity contribution is -0.168. The van der Waals surface area contributed by atoms with E-state index in [1.165, 1.54) is 39.0 Å². The number of hydrogen-bond acceptors (Lipinski definition) is 6. The van der Waals surface area contributed by atoms with Gasteiger partial charge in [0.25, 0.3) is 0 Å². The summed E-state index contributed by atoms with van der Waals surface area (Å²) in [5.74, 6) is -2.57. The summed E-state index contributed by atoms with van der Waals surface area (Å²) in [6, 6.07) is 0. The molecular weight excluding hydrogens is 388 g/mol. The molecule has 2 N–H and O–H groups in total. The number of aliphatic hydroxyl groups excluding tert-OH is 1. The molecule has 0 aromatic rings. The maximum absolute atomic E-state index is 11.6. The van der Waals surface area contributed by atoms with Gasteiger partial charge in [0.2, 0.25) is 0 Å². The summed E-state index contributed by atoms with van der Waals surface area (Å²) in [6.07, 6.45) is 14.0. The molecule has 7 heteroatoms. The van der Waals surface area contributed by atoms with E-state index < -0.39 is 30.6 Å². The number of aliphatic hydroxyl groups is 1. The first-order chi connectivity index (χ1) is 14.4. The minimum atomic E-state index is -1.25. The Kier molecular flexibility index (Phi) is 18.3. The zero-order valence-corrected chi connectivity index (χ0v) is 18.9. The normalized spacial score (nSPS) is 12.9. The summed E-state index contributed by atoms with van der Waals surface area (Å²) in [6.45, 7) is 2.88. The molecule has 0 bridgehead atoms. The van der Waals surface area contributed by atoms with Gasteiger partial charge in [-0.05, 0) is 26.2 Å². The van der Waals surface area contributed by atoms with Gasteiger partial charge < -0.3 is 19.7 Å². The molecule has 2 unspecified atom stereocenters. The molecule has 0 aromatic heterocycles. The van der Waals surface area contributed by atoms with Gasteiger partial charge >= 0.3 is 17.9 Å². The van der Waals surface area contributed by atoms with E-state index in [0.717, 1.165) is 51.4 Å². The van der Waals surface area contributed by atoms with Crippen LogP contribution in [0.1, 0.15) is 110 Å². The highest BCUT2D eigenvalue weighted by atomic mass is 16.6. The number of hydrogen-bond donors (Lipinski definition) is 2. The second-order valence-corrected chi connectivity index (χ2v) is 8.00. The van der Waals surface area contributed by atoms with Crippen LogP contribution in [-0.2, 0) is 23.9 Å². The summed E-state index contributed by atoms with van der Waals surface area (Å²) in [4.78, 5) is 33.4. The van der Waals surface area contributed by atoms with Crippen molar-refractivity contribution in [3.8, 4) is 0 Å². The third-order valence-corrected chi connectivity index (χ3v) is 5.07. The first kappa shape index (κ1) is 28.4. The van der Waals surface area contributed by atoms with Crippen LogP contribution in [0, 0.1) is 0 Å². The fourth-order valence-electron chi connectivity index (χ4n) is 3.15. The van der Waals surface area contributed by atoms with Crippen LogP contribution in [0.3, 0.4) is 0 Å². The Bertz CT molecular complexity index is 464. The maximum Gasteiger partial charge on any atom is 0.345 e. The molecule has 0 aliphatic rings. The lowest BCUT2D eigenvalue weighted by Crippen LogP contribution is -2.26. The standard InChI is InChI=1S/C23H42O7/c1-3-4-5-12-15-20(24)16-13-10-8-6-7-9-11-14-17-21(25)29-18-22(26)30-19(2)23(27)28/h19-20,24H,3-18H2,1-2H3,(H,27,28). The Hall–Kier alpha value is -1.63. The van der Waals surface area contributed by atoms with Gasteiger partial charge in [-0.15, -0.1) is 0 Å². The lowest BCUT2D eigenvalue weighted by Gasteiger charge is -2.10. The number of esters is 2. The Morgan fingerprint density at radius 2 is 1.27 bits per heavy atom. The second-order valence-electron chi connectivity index (χ2n) is 8.00. The maximum atomic E-state index is 11.6. The van der Waals surface area contributed by atoms with Crippen molar-refractivity contribution in [3.63, 3.8) is 0 Å². The smallest absolute Gasteiger partial charge is 0.345 e. The highest BCUT2D eigenvalue weighted by Crippen LogP contribution is 2.14. The molecule has 0 saturated heterocycles. The average Bonchev–Trinajstić information content (AvgIpc) is 2.70. The van der Waals surface area contributed by atoms with Crippen molar-refractivity contribution in [2.45, 2.75) is 122 Å². The van der Waals surface area contributed by atoms with Crippen molar-refractivity contribution in [3.05, 3.63) is 0 Å². The van der Waals surface area contributed by atoms with Crippen molar-refractivity contribution in [1.29, 1.82) is 0 Å². The van der Waals surface area contributed by atoms with Crippen molar-refractivity contribution in [1.82, 2.24) is 0 Å². The number of aliphatic carboxylic acids is 1. The van der Waals surface area contributed by atoms with Crippen LogP contribution in [0.2, 0.25) is 0 Å². The van der Waals surface area contributed by atoms with Crippen LogP contribution >= 0.6 is 0 Å². The minimum absolute atomic E-state index is 0.135. The van der Waals surface area contributed by atoms with Gasteiger partial charge in [0.1, 0.15) is 0 Å². The molecule has 0 fully saturated rings. The summed E-state index contributed by atoms with van der Waals surface area (Å²) >= 11 is 0. The van der Waals surface area contributed by atoms with Crippen LogP contribution < -0.4 is 0 Å². The Labute approximate surface area is 181 Å². The number of carboxylic acids is 1. The SMILES string of the molecule is CCCCCCC(O)CCCCCCCCCCC(=O)OCC(=O)OC(C)C(=O)O. The zero-order valence-electron chi connectivity index (χ0n) is 18.9. The van der Waals surface area contributed by atoms with Crippen LogP contribution in [-0.4, -0.2) is 46.9 Å². The van der Waals surface area contributed by atoms with E-state index in [9.17, 15) is 19.5 Å². The first-order valence-corrected chi connectivity index (χ1v) is 11.6. The van der Waals surface area contributed by atoms with Gasteiger partial charge in [0.05, 0.1) is 6.10 Å². The van der Waals surface area contributed by atoms with E-state index in [1.54, 1.807) is 0 Å². The third-order valence-electron chi connectivity index (χ3n) is 5.07. The molecule has 0 aliphatic carbocycles. The van der Waals surface area contributed by atoms with Gasteiger partial charge in [-0.2, -0.15) is 0 Å². The number of ether oxygens (including phenoxy) is 2. The minimum Gasteiger partial charge on any atom is -0.479 e. The van der Waals surface area contributed by atoms with Crippen LogP contribution in [0.15, 0.2) is 0 Å². The summed E-state index contributed by atoms with van der Waals surface area (Å²) in [7, 11) is 0. The van der Waals surface area contributed by atoms with E-state index in [1.807, 2.05) is 0 Å². The molecule has 0 saturated carbocycles. The molecular formula is C23H42O7. The van der Waals surface area contributed by atoms with Gasteiger partial charge in [-0.3, -0.25) is 4.79 Å². The fraction of sp³-hybridized carbons (Fsp3) is 0.870. The fourth-order valence-corrected chi connectivity index (χ4v) is 3.15.